The van der Waals surface area contributed by atoms with Crippen LogP contribution in [0.1, 0.15) is 22.8 Å². The molecule has 34 heavy (non-hydrogen) atoms. The molecule has 2 aromatic carbocycles. The van der Waals surface area contributed by atoms with E-state index in [1.807, 2.05) is 0 Å². The minimum Gasteiger partial charge on any atom is -0.467 e. The van der Waals surface area contributed by atoms with Crippen LogP contribution in [0.15, 0.2) is 42.5 Å². The van der Waals surface area contributed by atoms with Crippen molar-refractivity contribution in [2.24, 2.45) is 0 Å². The van der Waals surface area contributed by atoms with Crippen LogP contribution < -0.4 is 10.6 Å². The number of esters is 1. The fourth-order valence-corrected chi connectivity index (χ4v) is 5.23. The van der Waals surface area contributed by atoms with Gasteiger partial charge in [0.15, 0.2) is 0 Å². The third kappa shape index (κ3) is 6.22. The number of hydrogen-bond donors (Lipinski definition) is 2. The zero-order valence-electron chi connectivity index (χ0n) is 18.5. The lowest BCUT2D eigenvalue weighted by Crippen LogP contribution is -2.52. The maximum Gasteiger partial charge on any atom is 0.328 e. The van der Waals surface area contributed by atoms with Crippen molar-refractivity contribution in [2.45, 2.75) is 25.4 Å². The van der Waals surface area contributed by atoms with E-state index in [1.54, 1.807) is 42.5 Å². The van der Waals surface area contributed by atoms with Gasteiger partial charge in [0.2, 0.25) is 11.8 Å². The summed E-state index contributed by atoms with van der Waals surface area (Å²) in [5.74, 6) is -0.760. The van der Waals surface area contributed by atoms with Crippen molar-refractivity contribution >= 4 is 64.3 Å². The highest BCUT2D eigenvalue weighted by atomic mass is 35.5. The Labute approximate surface area is 211 Å². The first-order chi connectivity index (χ1) is 16.2. The number of rotatable bonds is 7. The quantitative estimate of drug-likeness (QED) is 0.539. The topological polar surface area (TPSA) is 105 Å². The number of halogens is 2. The molecule has 180 valence electrons. The smallest absolute Gasteiger partial charge is 0.328 e. The fourth-order valence-electron chi connectivity index (χ4n) is 3.44. The molecule has 3 rings (SSSR count). The van der Waals surface area contributed by atoms with E-state index in [-0.39, 0.29) is 27.9 Å². The van der Waals surface area contributed by atoms with Crippen LogP contribution in [0.25, 0.3) is 0 Å². The van der Waals surface area contributed by atoms with E-state index < -0.39 is 29.9 Å². The van der Waals surface area contributed by atoms with Crippen LogP contribution in [0, 0.1) is 0 Å². The fraction of sp³-hybridized carbons (Fsp3) is 0.304. The van der Waals surface area contributed by atoms with Crippen molar-refractivity contribution in [3.05, 3.63) is 63.6 Å². The number of carbonyl (C=O) groups is 4. The first-order valence-corrected chi connectivity index (χ1v) is 12.2. The Kier molecular flexibility index (Phi) is 8.82. The van der Waals surface area contributed by atoms with E-state index in [4.69, 9.17) is 27.9 Å². The van der Waals surface area contributed by atoms with E-state index in [1.165, 1.54) is 30.7 Å². The van der Waals surface area contributed by atoms with Gasteiger partial charge >= 0.3 is 5.97 Å². The molecule has 3 amide bonds. The number of anilines is 1. The molecule has 0 spiro atoms. The average Bonchev–Trinajstić information content (AvgIpc) is 3.30. The van der Waals surface area contributed by atoms with Crippen LogP contribution in [-0.2, 0) is 25.5 Å². The number of nitrogens with zero attached hydrogens (tertiary/aromatic N) is 1. The zero-order valence-corrected chi connectivity index (χ0v) is 20.8. The van der Waals surface area contributed by atoms with E-state index in [0.717, 1.165) is 5.56 Å². The maximum absolute atomic E-state index is 12.8. The highest BCUT2D eigenvalue weighted by Crippen LogP contribution is 2.25. The van der Waals surface area contributed by atoms with Crippen LogP contribution in [0.2, 0.25) is 10.0 Å². The zero-order chi connectivity index (χ0) is 24.8. The van der Waals surface area contributed by atoms with E-state index in [9.17, 15) is 19.2 Å². The van der Waals surface area contributed by atoms with Crippen molar-refractivity contribution in [2.75, 3.05) is 24.1 Å². The predicted octanol–water partition coefficient (Wildman–Crippen LogP) is 3.37. The lowest BCUT2D eigenvalue weighted by atomic mass is 10.0. The minimum absolute atomic E-state index is 0.170. The molecular formula is C23H23Cl2N3O5S. The lowest BCUT2D eigenvalue weighted by molar-refractivity contribution is -0.146. The summed E-state index contributed by atoms with van der Waals surface area (Å²) in [6, 6.07) is 10.0. The summed E-state index contributed by atoms with van der Waals surface area (Å²) in [4.78, 5) is 50.8. The van der Waals surface area contributed by atoms with Crippen LogP contribution in [0.3, 0.4) is 0 Å². The van der Waals surface area contributed by atoms with Crippen molar-refractivity contribution < 1.29 is 23.9 Å². The Morgan fingerprint density at radius 3 is 2.35 bits per heavy atom. The number of hydrogen-bond acceptors (Lipinski definition) is 6. The number of ether oxygens (including phenoxy) is 1. The van der Waals surface area contributed by atoms with Crippen LogP contribution in [0.4, 0.5) is 5.69 Å². The van der Waals surface area contributed by atoms with Crippen molar-refractivity contribution in [1.82, 2.24) is 10.2 Å². The van der Waals surface area contributed by atoms with Gasteiger partial charge in [-0.3, -0.25) is 14.4 Å². The van der Waals surface area contributed by atoms with Gasteiger partial charge in [0, 0.05) is 24.8 Å². The summed E-state index contributed by atoms with van der Waals surface area (Å²) in [6.45, 7) is 1.41. The first kappa shape index (κ1) is 25.9. The highest BCUT2D eigenvalue weighted by Gasteiger charge is 2.35. The molecule has 8 nitrogen and oxygen atoms in total. The van der Waals surface area contributed by atoms with Gasteiger partial charge in [0.25, 0.3) is 5.91 Å². The van der Waals surface area contributed by atoms with E-state index in [0.29, 0.717) is 17.3 Å². The molecule has 0 aromatic heterocycles. The molecule has 1 saturated heterocycles. The molecule has 1 heterocycles. The third-order valence-corrected chi connectivity index (χ3v) is 6.88. The van der Waals surface area contributed by atoms with Gasteiger partial charge in [-0.15, -0.1) is 11.8 Å². The number of thioether (sulfide) groups is 1. The number of amides is 3. The summed E-state index contributed by atoms with van der Waals surface area (Å²) in [5.41, 5.74) is 1.41. The van der Waals surface area contributed by atoms with Crippen molar-refractivity contribution in [1.29, 1.82) is 0 Å². The summed E-state index contributed by atoms with van der Waals surface area (Å²) in [7, 11) is 1.24. The molecule has 2 atom stereocenters. The molecule has 1 aliphatic rings. The summed E-state index contributed by atoms with van der Waals surface area (Å²) in [6.07, 6.45) is 0.170. The minimum atomic E-state index is -0.931. The molecule has 1 aliphatic heterocycles. The van der Waals surface area contributed by atoms with Crippen molar-refractivity contribution in [3.8, 4) is 0 Å². The summed E-state index contributed by atoms with van der Waals surface area (Å²) in [5, 5.41) is 5.91. The van der Waals surface area contributed by atoms with Crippen LogP contribution >= 0.6 is 35.0 Å². The Morgan fingerprint density at radius 1 is 1.12 bits per heavy atom. The van der Waals surface area contributed by atoms with Gasteiger partial charge in [0.1, 0.15) is 12.1 Å². The lowest BCUT2D eigenvalue weighted by Gasteiger charge is -2.24. The predicted molar refractivity (Wildman–Crippen MR) is 132 cm³/mol. The number of methoxy groups -OCH3 is 1. The maximum atomic E-state index is 12.8. The first-order valence-electron chi connectivity index (χ1n) is 10.3. The number of carbonyl (C=O) groups excluding carboxylic acids is 4. The van der Waals surface area contributed by atoms with Crippen LogP contribution in [-0.4, -0.2) is 59.4 Å². The van der Waals surface area contributed by atoms with E-state index in [2.05, 4.69) is 10.6 Å². The average molecular weight is 524 g/mol. The largest absolute Gasteiger partial charge is 0.467 e. The molecule has 2 N–H and O–H groups in total. The summed E-state index contributed by atoms with van der Waals surface area (Å²) >= 11 is 13.6. The standard InChI is InChI=1S/C23H23Cl2N3O5S/c1-13(29)28-12-34-11-19(28)21(30)27-18(23(32)33-2)10-14-6-8-15(9-7-14)26-22(31)20-16(24)4-3-5-17(20)25/h3-9,18-19H,10-12H2,1-2H3,(H,26,31)(H,27,30)/t18-,19-/m0/s1. The second-order valence-electron chi connectivity index (χ2n) is 7.54. The molecule has 0 radical (unpaired) electrons. The Bertz CT molecular complexity index is 1080. The highest BCUT2D eigenvalue weighted by molar-refractivity contribution is 7.99. The molecule has 11 heteroatoms. The number of nitrogens with one attached hydrogen (secondary N) is 2. The monoisotopic (exact) mass is 523 g/mol. The molecule has 0 aliphatic carbocycles. The molecule has 0 unspecified atom stereocenters. The second-order valence-corrected chi connectivity index (χ2v) is 9.35. The Hall–Kier alpha value is -2.75. The van der Waals surface area contributed by atoms with Gasteiger partial charge in [-0.05, 0) is 29.8 Å². The van der Waals surface area contributed by atoms with Gasteiger partial charge in [-0.1, -0.05) is 41.4 Å². The molecule has 1 fully saturated rings. The van der Waals surface area contributed by atoms with Gasteiger partial charge in [-0.2, -0.15) is 0 Å². The van der Waals surface area contributed by atoms with Gasteiger partial charge in [-0.25, -0.2) is 4.79 Å². The normalized spacial score (nSPS) is 16.0. The van der Waals surface area contributed by atoms with E-state index >= 15 is 0 Å². The van der Waals surface area contributed by atoms with Gasteiger partial charge < -0.3 is 20.3 Å². The molecule has 0 bridgehead atoms. The molecular weight excluding hydrogens is 501 g/mol. The Morgan fingerprint density at radius 2 is 1.76 bits per heavy atom. The summed E-state index contributed by atoms with van der Waals surface area (Å²) < 4.78 is 4.85. The molecule has 0 saturated carbocycles. The third-order valence-electron chi connectivity index (χ3n) is 5.23. The molecule has 2 aromatic rings. The SMILES string of the molecule is COC(=O)[C@H](Cc1ccc(NC(=O)c2c(Cl)cccc2Cl)cc1)NC(=O)[C@@H]1CSCN1C(C)=O. The van der Waals surface area contributed by atoms with Crippen LogP contribution in [0.5, 0.6) is 0 Å². The van der Waals surface area contributed by atoms with Gasteiger partial charge in [0.05, 0.1) is 28.6 Å². The Balaban J connectivity index is 1.67. The second kappa shape index (κ2) is 11.6. The number of benzene rings is 2. The van der Waals surface area contributed by atoms with Crippen molar-refractivity contribution in [3.63, 3.8) is 0 Å².